The molecule has 1 aromatic rings. The van der Waals surface area contributed by atoms with Crippen LogP contribution in [0, 0.1) is 0 Å². The molecule has 0 atom stereocenters. The summed E-state index contributed by atoms with van der Waals surface area (Å²) in [6.45, 7) is 0. The van der Waals surface area contributed by atoms with Crippen LogP contribution in [0.25, 0.3) is 0 Å². The van der Waals surface area contributed by atoms with Crippen molar-refractivity contribution in [1.82, 2.24) is 9.97 Å². The Morgan fingerprint density at radius 3 is 1.77 bits per heavy atom. The number of aromatic nitrogens is 2. The standard InChI is InChI=1S/C5H2Cl6N2/c6-4(7,8)2-1-12-3(13-2)5(9,10)11/h1H,(H,12,13). The number of hydrogen-bond donors (Lipinski definition) is 1. The molecule has 13 heavy (non-hydrogen) atoms. The highest BCUT2D eigenvalue weighted by Crippen LogP contribution is 2.40. The molecule has 2 nitrogen and oxygen atoms in total. The van der Waals surface area contributed by atoms with Crippen molar-refractivity contribution in [2.75, 3.05) is 0 Å². The van der Waals surface area contributed by atoms with Gasteiger partial charge in [0.25, 0.3) is 0 Å². The third-order valence-electron chi connectivity index (χ3n) is 1.14. The maximum absolute atomic E-state index is 5.54. The fourth-order valence-corrected chi connectivity index (χ4v) is 1.19. The van der Waals surface area contributed by atoms with Crippen molar-refractivity contribution in [3.63, 3.8) is 0 Å². The smallest absolute Gasteiger partial charge is 0.248 e. The van der Waals surface area contributed by atoms with E-state index < -0.39 is 7.59 Å². The van der Waals surface area contributed by atoms with Crippen molar-refractivity contribution in [2.24, 2.45) is 0 Å². The Morgan fingerprint density at radius 1 is 1.00 bits per heavy atom. The fraction of sp³-hybridized carbons (Fsp3) is 0.400. The third-order valence-corrected chi connectivity index (χ3v) is 2.25. The van der Waals surface area contributed by atoms with Gasteiger partial charge in [-0.05, 0) is 0 Å². The number of rotatable bonds is 0. The molecule has 1 heterocycles. The number of aromatic amines is 1. The van der Waals surface area contributed by atoms with E-state index in [4.69, 9.17) is 69.6 Å². The van der Waals surface area contributed by atoms with Crippen molar-refractivity contribution in [1.29, 1.82) is 0 Å². The molecular formula is C5H2Cl6N2. The van der Waals surface area contributed by atoms with Crippen molar-refractivity contribution in [3.8, 4) is 0 Å². The lowest BCUT2D eigenvalue weighted by Gasteiger charge is -2.07. The Balaban J connectivity index is 3.01. The van der Waals surface area contributed by atoms with Crippen LogP contribution in [0.15, 0.2) is 6.20 Å². The van der Waals surface area contributed by atoms with Crippen LogP contribution in [0.3, 0.4) is 0 Å². The summed E-state index contributed by atoms with van der Waals surface area (Å²) in [7, 11) is 0. The average molecular weight is 303 g/mol. The molecule has 1 rings (SSSR count). The van der Waals surface area contributed by atoms with Gasteiger partial charge in [0.2, 0.25) is 7.59 Å². The molecule has 1 aromatic heterocycles. The van der Waals surface area contributed by atoms with Gasteiger partial charge in [-0.15, -0.1) is 0 Å². The SMILES string of the molecule is ClC(Cl)(Cl)c1c[nH]c(C(Cl)(Cl)Cl)n1. The zero-order valence-corrected chi connectivity index (χ0v) is 10.3. The number of alkyl halides is 6. The highest BCUT2D eigenvalue weighted by molar-refractivity contribution is 6.67. The van der Waals surface area contributed by atoms with Crippen molar-refractivity contribution in [3.05, 3.63) is 17.7 Å². The first-order chi connectivity index (χ1) is 5.71. The Hall–Kier alpha value is 0.950. The van der Waals surface area contributed by atoms with Crippen LogP contribution >= 0.6 is 69.6 Å². The van der Waals surface area contributed by atoms with Crippen LogP contribution in [-0.4, -0.2) is 9.97 Å². The van der Waals surface area contributed by atoms with Gasteiger partial charge in [-0.3, -0.25) is 0 Å². The van der Waals surface area contributed by atoms with E-state index in [1.807, 2.05) is 0 Å². The van der Waals surface area contributed by atoms with Gasteiger partial charge in [-0.25, -0.2) is 4.98 Å². The monoisotopic (exact) mass is 300 g/mol. The van der Waals surface area contributed by atoms with E-state index in [1.54, 1.807) is 0 Å². The molecule has 0 aliphatic carbocycles. The summed E-state index contributed by atoms with van der Waals surface area (Å²) in [5.41, 5.74) is 0.179. The van der Waals surface area contributed by atoms with Gasteiger partial charge in [0.05, 0.1) is 0 Å². The molecule has 0 spiro atoms. The molecule has 0 bridgehead atoms. The summed E-state index contributed by atoms with van der Waals surface area (Å²) in [5, 5.41) is 0. The Bertz CT molecular complexity index is 266. The van der Waals surface area contributed by atoms with Crippen LogP contribution in [-0.2, 0) is 7.59 Å². The van der Waals surface area contributed by atoms with Crippen LogP contribution < -0.4 is 0 Å². The van der Waals surface area contributed by atoms with Crippen LogP contribution in [0.5, 0.6) is 0 Å². The molecule has 0 radical (unpaired) electrons. The van der Waals surface area contributed by atoms with E-state index in [1.165, 1.54) is 6.20 Å². The van der Waals surface area contributed by atoms with Crippen LogP contribution in [0.2, 0.25) is 0 Å². The second kappa shape index (κ2) is 3.84. The van der Waals surface area contributed by atoms with Gasteiger partial charge in [-0.2, -0.15) is 0 Å². The number of hydrogen-bond acceptors (Lipinski definition) is 1. The first kappa shape index (κ1) is 12.0. The van der Waals surface area contributed by atoms with Gasteiger partial charge in [0.1, 0.15) is 5.69 Å². The minimum Gasteiger partial charge on any atom is -0.345 e. The van der Waals surface area contributed by atoms with Gasteiger partial charge < -0.3 is 4.98 Å². The normalized spacial score (nSPS) is 13.4. The Morgan fingerprint density at radius 2 is 1.54 bits per heavy atom. The highest BCUT2D eigenvalue weighted by atomic mass is 35.6. The van der Waals surface area contributed by atoms with Crippen LogP contribution in [0.1, 0.15) is 11.5 Å². The predicted octanol–water partition coefficient (Wildman–Crippen LogP) is 4.06. The minimum atomic E-state index is -1.64. The summed E-state index contributed by atoms with van der Waals surface area (Å²) in [4.78, 5) is 6.40. The second-order valence-electron chi connectivity index (χ2n) is 2.13. The number of nitrogens with zero attached hydrogens (tertiary/aromatic N) is 1. The summed E-state index contributed by atoms with van der Waals surface area (Å²) >= 11 is 33.2. The molecule has 0 aliphatic heterocycles. The van der Waals surface area contributed by atoms with E-state index in [0.29, 0.717) is 0 Å². The van der Waals surface area contributed by atoms with E-state index >= 15 is 0 Å². The Kier molecular flexibility index (Phi) is 3.55. The zero-order chi connectivity index (χ0) is 10.3. The second-order valence-corrected chi connectivity index (χ2v) is 6.69. The van der Waals surface area contributed by atoms with Gasteiger partial charge in [0, 0.05) is 6.20 Å². The van der Waals surface area contributed by atoms with E-state index in [-0.39, 0.29) is 11.5 Å². The highest BCUT2D eigenvalue weighted by Gasteiger charge is 2.31. The molecular weight excluding hydrogens is 301 g/mol. The third kappa shape index (κ3) is 3.22. The summed E-state index contributed by atoms with van der Waals surface area (Å²) in [6.07, 6.45) is 1.37. The predicted molar refractivity (Wildman–Crippen MR) is 57.1 cm³/mol. The van der Waals surface area contributed by atoms with Gasteiger partial charge in [0.15, 0.2) is 5.82 Å². The minimum absolute atomic E-state index is 0.110. The van der Waals surface area contributed by atoms with Crippen LogP contribution in [0.4, 0.5) is 0 Å². The Labute approximate surface area is 104 Å². The lowest BCUT2D eigenvalue weighted by molar-refractivity contribution is 1.00. The summed E-state index contributed by atoms with van der Waals surface area (Å²) in [6, 6.07) is 0. The molecule has 0 fully saturated rings. The van der Waals surface area contributed by atoms with Crippen molar-refractivity contribution < 1.29 is 0 Å². The molecule has 1 N–H and O–H groups in total. The maximum atomic E-state index is 5.54. The molecule has 0 aliphatic rings. The lowest BCUT2D eigenvalue weighted by atomic mass is 10.5. The quantitative estimate of drug-likeness (QED) is 0.719. The summed E-state index contributed by atoms with van der Waals surface area (Å²) in [5.74, 6) is 0.110. The maximum Gasteiger partial charge on any atom is 0.248 e. The molecule has 74 valence electrons. The first-order valence-electron chi connectivity index (χ1n) is 2.91. The van der Waals surface area contributed by atoms with Gasteiger partial charge >= 0.3 is 0 Å². The molecule has 0 saturated carbocycles. The summed E-state index contributed by atoms with van der Waals surface area (Å²) < 4.78 is -3.27. The van der Waals surface area contributed by atoms with Crippen molar-refractivity contribution >= 4 is 69.6 Å². The zero-order valence-electron chi connectivity index (χ0n) is 5.79. The molecule has 0 aromatic carbocycles. The number of imidazole rings is 1. The molecule has 0 saturated heterocycles. The van der Waals surface area contributed by atoms with E-state index in [0.717, 1.165) is 0 Å². The fourth-order valence-electron chi connectivity index (χ4n) is 0.612. The lowest BCUT2D eigenvalue weighted by Crippen LogP contribution is -2.05. The molecule has 0 unspecified atom stereocenters. The molecule has 8 heteroatoms. The first-order valence-corrected chi connectivity index (χ1v) is 5.18. The molecule has 0 amide bonds. The van der Waals surface area contributed by atoms with Crippen molar-refractivity contribution in [2.45, 2.75) is 7.59 Å². The van der Waals surface area contributed by atoms with E-state index in [9.17, 15) is 0 Å². The largest absolute Gasteiger partial charge is 0.345 e. The average Bonchev–Trinajstić information content (AvgIpc) is 2.28. The topological polar surface area (TPSA) is 28.7 Å². The number of halogens is 6. The van der Waals surface area contributed by atoms with Gasteiger partial charge in [-0.1, -0.05) is 69.6 Å². The van der Waals surface area contributed by atoms with E-state index in [2.05, 4.69) is 9.97 Å². The number of nitrogens with one attached hydrogen (secondary N) is 1. The number of H-pyrrole nitrogens is 1.